The molecule has 1 aromatic rings. The van der Waals surface area contributed by atoms with Crippen LogP contribution in [0.2, 0.25) is 0 Å². The molecule has 26 heavy (non-hydrogen) atoms. The maximum absolute atomic E-state index is 12.3. The second-order valence-electron chi connectivity index (χ2n) is 7.32. The predicted molar refractivity (Wildman–Crippen MR) is 99.4 cm³/mol. The molecule has 1 fully saturated rings. The highest BCUT2D eigenvalue weighted by Gasteiger charge is 2.27. The van der Waals surface area contributed by atoms with Crippen LogP contribution in [-0.2, 0) is 11.2 Å². The van der Waals surface area contributed by atoms with Crippen LogP contribution in [0.25, 0.3) is 0 Å². The smallest absolute Gasteiger partial charge is 0.410 e. The summed E-state index contributed by atoms with van der Waals surface area (Å²) in [5.74, 6) is 1.83. The van der Waals surface area contributed by atoms with E-state index in [-0.39, 0.29) is 12.1 Å². The fourth-order valence-electron chi connectivity index (χ4n) is 2.99. The quantitative estimate of drug-likeness (QED) is 0.863. The topological polar surface area (TPSA) is 69.3 Å². The lowest BCUT2D eigenvalue weighted by Gasteiger charge is -2.35. The molecule has 1 aliphatic heterocycles. The summed E-state index contributed by atoms with van der Waals surface area (Å²) < 4.78 is 21.7. The van der Waals surface area contributed by atoms with Crippen molar-refractivity contribution in [1.29, 1.82) is 0 Å². The minimum Gasteiger partial charge on any atom is -0.493 e. The zero-order valence-corrected chi connectivity index (χ0v) is 16.5. The van der Waals surface area contributed by atoms with Gasteiger partial charge in [-0.2, -0.15) is 0 Å². The number of nitrogens with one attached hydrogen (secondary N) is 1. The second-order valence-corrected chi connectivity index (χ2v) is 7.32. The molecule has 0 aromatic heterocycles. The molecule has 0 saturated carbocycles. The van der Waals surface area contributed by atoms with E-state index < -0.39 is 5.60 Å². The molecule has 0 radical (unpaired) electrons. The summed E-state index contributed by atoms with van der Waals surface area (Å²) in [6.45, 7) is 7.59. The molecule has 0 unspecified atom stereocenters. The Hall–Kier alpha value is -2.15. The standard InChI is InChI=1S/C19H30N2O5/c1-19(2,3)26-18(22)21-8-7-20-14(12-21)9-13-10-15(23-4)17(25-6)16(11-13)24-5/h10-11,14,20H,7-9,12H2,1-6H3/t14-/m0/s1. The Morgan fingerprint density at radius 3 is 2.27 bits per heavy atom. The molecule has 1 saturated heterocycles. The Morgan fingerprint density at radius 2 is 1.77 bits per heavy atom. The first kappa shape index (κ1) is 20.2. The van der Waals surface area contributed by atoms with Gasteiger partial charge in [0.25, 0.3) is 0 Å². The minimum atomic E-state index is -0.492. The predicted octanol–water partition coefficient (Wildman–Crippen LogP) is 2.46. The highest BCUT2D eigenvalue weighted by Crippen LogP contribution is 2.38. The first-order valence-corrected chi connectivity index (χ1v) is 8.77. The Bertz CT molecular complexity index is 602. The molecule has 1 aliphatic rings. The highest BCUT2D eigenvalue weighted by molar-refractivity contribution is 5.68. The number of hydrogen-bond acceptors (Lipinski definition) is 6. The molecule has 0 spiro atoms. The number of methoxy groups -OCH3 is 3. The molecule has 0 aliphatic carbocycles. The second kappa shape index (κ2) is 8.49. The van der Waals surface area contributed by atoms with E-state index in [4.69, 9.17) is 18.9 Å². The van der Waals surface area contributed by atoms with Crippen molar-refractivity contribution in [3.05, 3.63) is 17.7 Å². The van der Waals surface area contributed by atoms with Crippen LogP contribution in [0.1, 0.15) is 26.3 Å². The SMILES string of the molecule is COc1cc(C[C@H]2CN(C(=O)OC(C)(C)C)CCN2)cc(OC)c1OC. The van der Waals surface area contributed by atoms with Crippen LogP contribution in [0.15, 0.2) is 12.1 Å². The number of piperazine rings is 1. The van der Waals surface area contributed by atoms with Crippen molar-refractivity contribution in [3.63, 3.8) is 0 Å². The van der Waals surface area contributed by atoms with Gasteiger partial charge in [0.05, 0.1) is 21.3 Å². The Balaban J connectivity index is 2.09. The summed E-state index contributed by atoms with van der Waals surface area (Å²) in [6, 6.07) is 4.00. The third-order valence-corrected chi connectivity index (χ3v) is 4.11. The molecule has 1 aromatic carbocycles. The van der Waals surface area contributed by atoms with Crippen LogP contribution in [0, 0.1) is 0 Å². The first-order valence-electron chi connectivity index (χ1n) is 8.77. The molecule has 146 valence electrons. The van der Waals surface area contributed by atoms with Gasteiger partial charge in [0, 0.05) is 25.7 Å². The maximum atomic E-state index is 12.3. The van der Waals surface area contributed by atoms with E-state index in [1.807, 2.05) is 32.9 Å². The fraction of sp³-hybridized carbons (Fsp3) is 0.632. The maximum Gasteiger partial charge on any atom is 0.410 e. The van der Waals surface area contributed by atoms with Gasteiger partial charge in [-0.05, 0) is 44.9 Å². The number of benzene rings is 1. The molecular formula is C19H30N2O5. The first-order chi connectivity index (χ1) is 12.3. The molecule has 2 rings (SSSR count). The zero-order valence-electron chi connectivity index (χ0n) is 16.5. The summed E-state index contributed by atoms with van der Waals surface area (Å²) >= 11 is 0. The van der Waals surface area contributed by atoms with Gasteiger partial charge in [-0.1, -0.05) is 0 Å². The Morgan fingerprint density at radius 1 is 1.15 bits per heavy atom. The van der Waals surface area contributed by atoms with E-state index >= 15 is 0 Å². The molecule has 1 atom stereocenters. The van der Waals surface area contributed by atoms with Gasteiger partial charge in [-0.25, -0.2) is 4.79 Å². The van der Waals surface area contributed by atoms with Crippen LogP contribution >= 0.6 is 0 Å². The molecule has 1 amide bonds. The summed E-state index contributed by atoms with van der Waals surface area (Å²) in [7, 11) is 4.79. The van der Waals surface area contributed by atoms with Gasteiger partial charge in [-0.3, -0.25) is 0 Å². The number of nitrogens with zero attached hydrogens (tertiary/aromatic N) is 1. The number of ether oxygens (including phenoxy) is 4. The van der Waals surface area contributed by atoms with Gasteiger partial charge in [0.15, 0.2) is 11.5 Å². The lowest BCUT2D eigenvalue weighted by atomic mass is 10.0. The van der Waals surface area contributed by atoms with Crippen molar-refractivity contribution in [2.24, 2.45) is 0 Å². The summed E-state index contributed by atoms with van der Waals surface area (Å²) in [5.41, 5.74) is 0.553. The number of carbonyl (C=O) groups is 1. The molecule has 1 heterocycles. The number of hydrogen-bond donors (Lipinski definition) is 1. The normalized spacial score (nSPS) is 17.6. The number of amides is 1. The van der Waals surface area contributed by atoms with Crippen LogP contribution in [0.5, 0.6) is 17.2 Å². The minimum absolute atomic E-state index is 0.124. The van der Waals surface area contributed by atoms with E-state index in [1.165, 1.54) is 0 Å². The van der Waals surface area contributed by atoms with Crippen molar-refractivity contribution in [3.8, 4) is 17.2 Å². The zero-order chi connectivity index (χ0) is 19.3. The van der Waals surface area contributed by atoms with Crippen molar-refractivity contribution in [2.45, 2.75) is 38.8 Å². The largest absolute Gasteiger partial charge is 0.493 e. The van der Waals surface area contributed by atoms with Gasteiger partial charge >= 0.3 is 6.09 Å². The van der Waals surface area contributed by atoms with E-state index in [9.17, 15) is 4.79 Å². The third kappa shape index (κ3) is 5.17. The monoisotopic (exact) mass is 366 g/mol. The molecule has 7 heteroatoms. The van der Waals surface area contributed by atoms with Gasteiger partial charge < -0.3 is 29.2 Å². The van der Waals surface area contributed by atoms with Crippen LogP contribution in [-0.4, -0.2) is 63.6 Å². The number of rotatable bonds is 5. The summed E-state index contributed by atoms with van der Waals surface area (Å²) in [5, 5.41) is 3.46. The highest BCUT2D eigenvalue weighted by atomic mass is 16.6. The van der Waals surface area contributed by atoms with Crippen LogP contribution in [0.4, 0.5) is 4.79 Å². The van der Waals surface area contributed by atoms with Crippen molar-refractivity contribution < 1.29 is 23.7 Å². The van der Waals surface area contributed by atoms with Gasteiger partial charge in [-0.15, -0.1) is 0 Å². The molecule has 7 nitrogen and oxygen atoms in total. The van der Waals surface area contributed by atoms with Crippen molar-refractivity contribution in [2.75, 3.05) is 41.0 Å². The average Bonchev–Trinajstić information content (AvgIpc) is 2.59. The lowest BCUT2D eigenvalue weighted by Crippen LogP contribution is -2.54. The fourth-order valence-corrected chi connectivity index (χ4v) is 2.99. The van der Waals surface area contributed by atoms with E-state index in [1.54, 1.807) is 26.2 Å². The summed E-state index contributed by atoms with van der Waals surface area (Å²) in [4.78, 5) is 14.1. The van der Waals surface area contributed by atoms with E-state index in [0.717, 1.165) is 18.5 Å². The van der Waals surface area contributed by atoms with Gasteiger partial charge in [0.2, 0.25) is 5.75 Å². The van der Waals surface area contributed by atoms with Crippen molar-refractivity contribution >= 4 is 6.09 Å². The van der Waals surface area contributed by atoms with Crippen molar-refractivity contribution in [1.82, 2.24) is 10.2 Å². The number of carbonyl (C=O) groups excluding carboxylic acids is 1. The third-order valence-electron chi connectivity index (χ3n) is 4.11. The summed E-state index contributed by atoms with van der Waals surface area (Å²) in [6.07, 6.45) is 0.463. The Labute approximate surface area is 155 Å². The molecule has 0 bridgehead atoms. The average molecular weight is 366 g/mol. The van der Waals surface area contributed by atoms with E-state index in [0.29, 0.717) is 30.3 Å². The van der Waals surface area contributed by atoms with Crippen LogP contribution in [0.3, 0.4) is 0 Å². The van der Waals surface area contributed by atoms with Gasteiger partial charge in [0.1, 0.15) is 5.60 Å². The Kier molecular flexibility index (Phi) is 6.58. The van der Waals surface area contributed by atoms with Crippen LogP contribution < -0.4 is 19.5 Å². The lowest BCUT2D eigenvalue weighted by molar-refractivity contribution is 0.0195. The molecule has 1 N–H and O–H groups in total. The van der Waals surface area contributed by atoms with E-state index in [2.05, 4.69) is 5.32 Å². The molecular weight excluding hydrogens is 336 g/mol.